The highest BCUT2D eigenvalue weighted by Crippen LogP contribution is 2.29. The Kier molecular flexibility index (Phi) is 4.64. The highest BCUT2D eigenvalue weighted by molar-refractivity contribution is 6.09. The summed E-state index contributed by atoms with van der Waals surface area (Å²) >= 11 is 0. The number of fused-ring (bicyclic) bond motifs is 1. The zero-order valence-electron chi connectivity index (χ0n) is 16.0. The van der Waals surface area contributed by atoms with Crippen molar-refractivity contribution >= 4 is 23.4 Å². The molecular weight excluding hydrogens is 358 g/mol. The fourth-order valence-electron chi connectivity index (χ4n) is 3.13. The molecule has 0 atom stereocenters. The van der Waals surface area contributed by atoms with Crippen LogP contribution in [0.15, 0.2) is 34.9 Å². The predicted octanol–water partition coefficient (Wildman–Crippen LogP) is 2.36. The maximum Gasteiger partial charge on any atom is 0.263 e. The zero-order chi connectivity index (χ0) is 19.7. The predicted molar refractivity (Wildman–Crippen MR) is 106 cm³/mol. The number of amides is 1. The fourth-order valence-corrected chi connectivity index (χ4v) is 3.13. The molecule has 4 rings (SSSR count). The van der Waals surface area contributed by atoms with Gasteiger partial charge in [-0.2, -0.15) is 4.98 Å². The van der Waals surface area contributed by atoms with Gasteiger partial charge in [0.1, 0.15) is 11.4 Å². The normalized spacial score (nSPS) is 14.0. The molecule has 0 aliphatic carbocycles. The lowest BCUT2D eigenvalue weighted by Gasteiger charge is -2.21. The number of aromatic nitrogens is 4. The highest BCUT2D eigenvalue weighted by Gasteiger charge is 2.28. The maximum absolute atomic E-state index is 13.3. The smallest absolute Gasteiger partial charge is 0.263 e. The van der Waals surface area contributed by atoms with Crippen LogP contribution in [0.1, 0.15) is 23.2 Å². The van der Waals surface area contributed by atoms with Crippen molar-refractivity contribution in [2.75, 3.05) is 41.8 Å². The number of likely N-dealkylation sites (N-methyl/N-ethyl adjacent to an activating group) is 1. The van der Waals surface area contributed by atoms with Crippen molar-refractivity contribution in [3.63, 3.8) is 0 Å². The van der Waals surface area contributed by atoms with Crippen LogP contribution in [0.4, 0.5) is 17.5 Å². The van der Waals surface area contributed by atoms with Crippen LogP contribution in [-0.2, 0) is 0 Å². The largest absolute Gasteiger partial charge is 0.421 e. The second kappa shape index (κ2) is 7.26. The molecule has 0 saturated carbocycles. The number of carbonyl (C=O) groups is 1. The molecule has 9 heteroatoms. The molecule has 1 aliphatic heterocycles. The molecule has 1 amide bonds. The zero-order valence-corrected chi connectivity index (χ0v) is 16.0. The quantitative estimate of drug-likeness (QED) is 0.737. The Balaban J connectivity index is 1.70. The number of hydrogen-bond donors (Lipinski definition) is 1. The van der Waals surface area contributed by atoms with Gasteiger partial charge in [0.25, 0.3) is 5.91 Å². The number of carbonyl (C=O) groups excluding carboxylic acids is 1. The van der Waals surface area contributed by atoms with Gasteiger partial charge in [0.2, 0.25) is 17.7 Å². The summed E-state index contributed by atoms with van der Waals surface area (Å²) < 4.78 is 5.51. The van der Waals surface area contributed by atoms with Crippen LogP contribution in [0, 0.1) is 6.92 Å². The summed E-state index contributed by atoms with van der Waals surface area (Å²) in [5.41, 5.74) is 2.00. The van der Waals surface area contributed by atoms with Crippen molar-refractivity contribution in [3.8, 4) is 11.5 Å². The molecule has 9 nitrogen and oxygen atoms in total. The number of rotatable bonds is 4. The minimum Gasteiger partial charge on any atom is -0.421 e. The van der Waals surface area contributed by atoms with Gasteiger partial charge < -0.3 is 19.5 Å². The van der Waals surface area contributed by atoms with E-state index in [-0.39, 0.29) is 5.91 Å². The Labute approximate surface area is 162 Å². The van der Waals surface area contributed by atoms with E-state index < -0.39 is 0 Å². The molecule has 3 heterocycles. The molecule has 1 aromatic carbocycles. The first kappa shape index (κ1) is 17.9. The lowest BCUT2D eigenvalue weighted by Crippen LogP contribution is -2.33. The van der Waals surface area contributed by atoms with E-state index in [1.807, 2.05) is 43.1 Å². The molecule has 1 N–H and O–H groups in total. The standard InChI is InChI=1S/C19H21N7O2/c1-4-20-19-21-11-15-16(22-19)25(3)8-9-26(18(15)27)14-7-5-6-13(10-14)17-24-23-12(2)28-17/h5-7,10-11H,4,8-9H2,1-3H3,(H,20,21,22). The van der Waals surface area contributed by atoms with Gasteiger partial charge in [-0.15, -0.1) is 10.2 Å². The van der Waals surface area contributed by atoms with Gasteiger partial charge in [-0.3, -0.25) is 4.79 Å². The molecule has 144 valence electrons. The maximum atomic E-state index is 13.3. The topological polar surface area (TPSA) is 100 Å². The molecule has 0 saturated heterocycles. The molecule has 2 aromatic heterocycles. The summed E-state index contributed by atoms with van der Waals surface area (Å²) in [4.78, 5) is 25.7. The lowest BCUT2D eigenvalue weighted by atomic mass is 10.1. The Hall–Kier alpha value is -3.49. The number of hydrogen-bond acceptors (Lipinski definition) is 8. The molecule has 0 radical (unpaired) electrons. The number of anilines is 3. The Bertz CT molecular complexity index is 1020. The molecule has 0 bridgehead atoms. The third kappa shape index (κ3) is 3.26. The van der Waals surface area contributed by atoms with E-state index >= 15 is 0 Å². The van der Waals surface area contributed by atoms with E-state index in [1.165, 1.54) is 0 Å². The Morgan fingerprint density at radius 3 is 2.86 bits per heavy atom. The van der Waals surface area contributed by atoms with E-state index in [0.717, 1.165) is 11.3 Å². The van der Waals surface area contributed by atoms with Gasteiger partial charge in [-0.1, -0.05) is 6.07 Å². The van der Waals surface area contributed by atoms with Crippen molar-refractivity contribution in [1.82, 2.24) is 20.2 Å². The van der Waals surface area contributed by atoms with Gasteiger partial charge in [0.05, 0.1) is 0 Å². The number of aryl methyl sites for hydroxylation is 1. The van der Waals surface area contributed by atoms with E-state index in [0.29, 0.717) is 48.7 Å². The first-order valence-corrected chi connectivity index (χ1v) is 9.11. The van der Waals surface area contributed by atoms with Crippen LogP contribution >= 0.6 is 0 Å². The van der Waals surface area contributed by atoms with Crippen molar-refractivity contribution in [3.05, 3.63) is 41.9 Å². The number of nitrogens with zero attached hydrogens (tertiary/aromatic N) is 6. The molecule has 28 heavy (non-hydrogen) atoms. The second-order valence-electron chi connectivity index (χ2n) is 6.52. The van der Waals surface area contributed by atoms with E-state index in [2.05, 4.69) is 25.5 Å². The minimum atomic E-state index is -0.138. The lowest BCUT2D eigenvalue weighted by molar-refractivity contribution is 0.0989. The van der Waals surface area contributed by atoms with E-state index in [1.54, 1.807) is 18.0 Å². The van der Waals surface area contributed by atoms with Crippen LogP contribution in [0.2, 0.25) is 0 Å². The monoisotopic (exact) mass is 379 g/mol. The van der Waals surface area contributed by atoms with E-state index in [9.17, 15) is 4.79 Å². The molecule has 3 aromatic rings. The van der Waals surface area contributed by atoms with Crippen molar-refractivity contribution in [1.29, 1.82) is 0 Å². The van der Waals surface area contributed by atoms with Gasteiger partial charge in [0.15, 0.2) is 0 Å². The van der Waals surface area contributed by atoms with Crippen molar-refractivity contribution in [2.24, 2.45) is 0 Å². The fraction of sp³-hybridized carbons (Fsp3) is 0.316. The molecule has 0 unspecified atom stereocenters. The van der Waals surface area contributed by atoms with Crippen LogP contribution in [0.25, 0.3) is 11.5 Å². The number of nitrogens with one attached hydrogen (secondary N) is 1. The van der Waals surface area contributed by atoms with E-state index in [4.69, 9.17) is 4.42 Å². The van der Waals surface area contributed by atoms with Crippen molar-refractivity contribution < 1.29 is 9.21 Å². The summed E-state index contributed by atoms with van der Waals surface area (Å²) in [7, 11) is 1.93. The highest BCUT2D eigenvalue weighted by atomic mass is 16.4. The van der Waals surface area contributed by atoms with Crippen LogP contribution in [0.5, 0.6) is 0 Å². The second-order valence-corrected chi connectivity index (χ2v) is 6.52. The first-order valence-electron chi connectivity index (χ1n) is 9.11. The average molecular weight is 379 g/mol. The summed E-state index contributed by atoms with van der Waals surface area (Å²) in [6.45, 7) is 5.60. The van der Waals surface area contributed by atoms with Crippen LogP contribution < -0.4 is 15.1 Å². The molecule has 1 aliphatic rings. The molecule has 0 spiro atoms. The number of benzene rings is 1. The third-order valence-electron chi connectivity index (χ3n) is 4.53. The summed E-state index contributed by atoms with van der Waals surface area (Å²) in [5.74, 6) is 1.93. The van der Waals surface area contributed by atoms with Gasteiger partial charge >= 0.3 is 0 Å². The third-order valence-corrected chi connectivity index (χ3v) is 4.53. The van der Waals surface area contributed by atoms with Crippen LogP contribution in [0.3, 0.4) is 0 Å². The average Bonchev–Trinajstić information content (AvgIpc) is 3.10. The summed E-state index contributed by atoms with van der Waals surface area (Å²) in [6.07, 6.45) is 1.59. The summed E-state index contributed by atoms with van der Waals surface area (Å²) in [6, 6.07) is 7.52. The van der Waals surface area contributed by atoms with Crippen molar-refractivity contribution in [2.45, 2.75) is 13.8 Å². The molecule has 0 fully saturated rings. The van der Waals surface area contributed by atoms with Gasteiger partial charge in [-0.25, -0.2) is 4.98 Å². The molecular formula is C19H21N7O2. The Morgan fingerprint density at radius 1 is 1.25 bits per heavy atom. The van der Waals surface area contributed by atoms with Gasteiger partial charge in [0, 0.05) is 51.1 Å². The Morgan fingerprint density at radius 2 is 2.11 bits per heavy atom. The van der Waals surface area contributed by atoms with Crippen LogP contribution in [-0.4, -0.2) is 52.8 Å². The SMILES string of the molecule is CCNc1ncc2c(n1)N(C)CCN(c1cccc(-c3nnc(C)o3)c1)C2=O. The summed E-state index contributed by atoms with van der Waals surface area (Å²) in [5, 5.41) is 11.0. The van der Waals surface area contributed by atoms with Gasteiger partial charge in [-0.05, 0) is 25.1 Å². The minimum absolute atomic E-state index is 0.138. The first-order chi connectivity index (χ1) is 13.6.